The van der Waals surface area contributed by atoms with E-state index in [1.165, 1.54) is 5.56 Å². The molecule has 9 heteroatoms. The van der Waals surface area contributed by atoms with Gasteiger partial charge in [0.1, 0.15) is 11.5 Å². The molecular weight excluding hydrogens is 432 g/mol. The molecule has 1 saturated heterocycles. The van der Waals surface area contributed by atoms with Gasteiger partial charge in [0.15, 0.2) is 12.4 Å². The summed E-state index contributed by atoms with van der Waals surface area (Å²) in [4.78, 5) is 16.7. The normalized spacial score (nSPS) is 14.4. The standard InChI is InChI=1S/C25H32N6O3/c1-4-33-22-11-7-21(8-12-22)31-24(26-27-28-31)17-29-13-15-30(16-14-29)25(32)18-34-23-9-5-20(6-10-23)19(2)3/h5-12,19H,4,13-18H2,1-3H3. The van der Waals surface area contributed by atoms with Gasteiger partial charge in [-0.05, 0) is 65.2 Å². The number of hydrogen-bond donors (Lipinski definition) is 0. The van der Waals surface area contributed by atoms with Gasteiger partial charge in [0, 0.05) is 26.2 Å². The highest BCUT2D eigenvalue weighted by Crippen LogP contribution is 2.19. The van der Waals surface area contributed by atoms with Gasteiger partial charge < -0.3 is 14.4 Å². The number of hydrogen-bond acceptors (Lipinski definition) is 7. The second kappa shape index (κ2) is 11.1. The Hall–Kier alpha value is -3.46. The van der Waals surface area contributed by atoms with Crippen LogP contribution in [0.1, 0.15) is 38.1 Å². The molecule has 0 N–H and O–H groups in total. The zero-order chi connectivity index (χ0) is 23.9. The SMILES string of the molecule is CCOc1ccc(-n2nnnc2CN2CCN(C(=O)COc3ccc(C(C)C)cc3)CC2)cc1. The van der Waals surface area contributed by atoms with Crippen molar-refractivity contribution in [1.82, 2.24) is 30.0 Å². The highest BCUT2D eigenvalue weighted by Gasteiger charge is 2.23. The first-order chi connectivity index (χ1) is 16.5. The number of nitrogens with zero attached hydrogens (tertiary/aromatic N) is 6. The minimum Gasteiger partial charge on any atom is -0.494 e. The lowest BCUT2D eigenvalue weighted by Crippen LogP contribution is -2.49. The van der Waals surface area contributed by atoms with Crippen molar-refractivity contribution in [2.75, 3.05) is 39.4 Å². The zero-order valence-corrected chi connectivity index (χ0v) is 20.1. The van der Waals surface area contributed by atoms with Crippen molar-refractivity contribution in [3.63, 3.8) is 0 Å². The number of amides is 1. The summed E-state index contributed by atoms with van der Waals surface area (Å²) >= 11 is 0. The van der Waals surface area contributed by atoms with E-state index in [2.05, 4.69) is 34.3 Å². The third-order valence-corrected chi connectivity index (χ3v) is 5.93. The van der Waals surface area contributed by atoms with Gasteiger partial charge >= 0.3 is 0 Å². The van der Waals surface area contributed by atoms with Crippen LogP contribution >= 0.6 is 0 Å². The highest BCUT2D eigenvalue weighted by molar-refractivity contribution is 5.77. The Kier molecular flexibility index (Phi) is 7.74. The summed E-state index contributed by atoms with van der Waals surface area (Å²) in [6.45, 7) is 10.4. The Bertz CT molecular complexity index is 1060. The van der Waals surface area contributed by atoms with Gasteiger partial charge in [-0.2, -0.15) is 4.68 Å². The van der Waals surface area contributed by atoms with E-state index in [0.717, 1.165) is 36.1 Å². The molecule has 0 bridgehead atoms. The van der Waals surface area contributed by atoms with Crippen molar-refractivity contribution < 1.29 is 14.3 Å². The largest absolute Gasteiger partial charge is 0.494 e. The predicted molar refractivity (Wildman–Crippen MR) is 128 cm³/mol. The lowest BCUT2D eigenvalue weighted by atomic mass is 10.0. The molecule has 1 amide bonds. The van der Waals surface area contributed by atoms with Crippen LogP contribution in [-0.2, 0) is 11.3 Å². The van der Waals surface area contributed by atoms with Crippen LogP contribution in [0.3, 0.4) is 0 Å². The summed E-state index contributed by atoms with van der Waals surface area (Å²) in [7, 11) is 0. The summed E-state index contributed by atoms with van der Waals surface area (Å²) in [5.74, 6) is 2.78. The molecule has 34 heavy (non-hydrogen) atoms. The second-order valence-electron chi connectivity index (χ2n) is 8.60. The number of piperazine rings is 1. The number of carbonyl (C=O) groups is 1. The van der Waals surface area contributed by atoms with E-state index >= 15 is 0 Å². The Labute approximate surface area is 200 Å². The molecule has 0 spiro atoms. The average molecular weight is 465 g/mol. The first-order valence-corrected chi connectivity index (χ1v) is 11.8. The predicted octanol–water partition coefficient (Wildman–Crippen LogP) is 2.91. The van der Waals surface area contributed by atoms with Crippen molar-refractivity contribution in [3.05, 3.63) is 59.9 Å². The number of aromatic nitrogens is 4. The molecule has 0 saturated carbocycles. The molecule has 1 aliphatic heterocycles. The number of rotatable bonds is 9. The van der Waals surface area contributed by atoms with Gasteiger partial charge in [0.2, 0.25) is 0 Å². The van der Waals surface area contributed by atoms with E-state index < -0.39 is 0 Å². The van der Waals surface area contributed by atoms with Crippen LogP contribution in [0.5, 0.6) is 11.5 Å². The third-order valence-electron chi connectivity index (χ3n) is 5.93. The van der Waals surface area contributed by atoms with E-state index in [9.17, 15) is 4.79 Å². The minimum absolute atomic E-state index is 0.00630. The quantitative estimate of drug-likeness (QED) is 0.481. The number of ether oxygens (including phenoxy) is 2. The van der Waals surface area contributed by atoms with E-state index in [1.807, 2.05) is 60.4 Å². The summed E-state index contributed by atoms with van der Waals surface area (Å²) in [6, 6.07) is 15.7. The summed E-state index contributed by atoms with van der Waals surface area (Å²) in [6.07, 6.45) is 0. The topological polar surface area (TPSA) is 85.6 Å². The van der Waals surface area contributed by atoms with Crippen LogP contribution in [0.15, 0.2) is 48.5 Å². The molecule has 1 fully saturated rings. The van der Waals surface area contributed by atoms with Crippen molar-refractivity contribution in [3.8, 4) is 17.2 Å². The van der Waals surface area contributed by atoms with Crippen molar-refractivity contribution in [2.24, 2.45) is 0 Å². The first-order valence-electron chi connectivity index (χ1n) is 11.8. The molecule has 3 aromatic rings. The number of carbonyl (C=O) groups excluding carboxylic acids is 1. The fourth-order valence-corrected chi connectivity index (χ4v) is 3.90. The molecule has 0 radical (unpaired) electrons. The molecule has 2 aromatic carbocycles. The highest BCUT2D eigenvalue weighted by atomic mass is 16.5. The molecule has 0 unspecified atom stereocenters. The number of benzene rings is 2. The molecule has 9 nitrogen and oxygen atoms in total. The molecule has 0 atom stereocenters. The lowest BCUT2D eigenvalue weighted by molar-refractivity contribution is -0.135. The Morgan fingerprint density at radius 2 is 1.59 bits per heavy atom. The third kappa shape index (κ3) is 5.91. The average Bonchev–Trinajstić information content (AvgIpc) is 3.32. The van der Waals surface area contributed by atoms with Crippen LogP contribution in [0, 0.1) is 0 Å². The van der Waals surface area contributed by atoms with Crippen molar-refractivity contribution in [2.45, 2.75) is 33.2 Å². The van der Waals surface area contributed by atoms with Crippen molar-refractivity contribution in [1.29, 1.82) is 0 Å². The van der Waals surface area contributed by atoms with E-state index in [4.69, 9.17) is 9.47 Å². The maximum atomic E-state index is 12.6. The molecule has 4 rings (SSSR count). The molecule has 0 aliphatic carbocycles. The Balaban J connectivity index is 1.26. The monoisotopic (exact) mass is 464 g/mol. The van der Waals surface area contributed by atoms with Gasteiger partial charge in [0.05, 0.1) is 18.8 Å². The van der Waals surface area contributed by atoms with Crippen LogP contribution in [0.25, 0.3) is 5.69 Å². The summed E-state index contributed by atoms with van der Waals surface area (Å²) < 4.78 is 13.0. The zero-order valence-electron chi connectivity index (χ0n) is 20.1. The fraction of sp³-hybridized carbons (Fsp3) is 0.440. The summed E-state index contributed by atoms with van der Waals surface area (Å²) in [5, 5.41) is 12.2. The molecule has 2 heterocycles. The first kappa shape index (κ1) is 23.7. The summed E-state index contributed by atoms with van der Waals surface area (Å²) in [5.41, 5.74) is 2.14. The molecule has 1 aromatic heterocycles. The van der Waals surface area contributed by atoms with Crippen LogP contribution in [0.2, 0.25) is 0 Å². The Morgan fingerprint density at radius 3 is 2.24 bits per heavy atom. The van der Waals surface area contributed by atoms with Gasteiger partial charge in [-0.15, -0.1) is 5.10 Å². The van der Waals surface area contributed by atoms with E-state index in [0.29, 0.717) is 32.2 Å². The molecular formula is C25H32N6O3. The fourth-order valence-electron chi connectivity index (χ4n) is 3.90. The van der Waals surface area contributed by atoms with E-state index in [-0.39, 0.29) is 12.5 Å². The maximum Gasteiger partial charge on any atom is 0.260 e. The minimum atomic E-state index is 0.00630. The molecule has 180 valence electrons. The second-order valence-corrected chi connectivity index (χ2v) is 8.60. The van der Waals surface area contributed by atoms with Crippen LogP contribution in [-0.4, -0.2) is 75.3 Å². The van der Waals surface area contributed by atoms with Crippen LogP contribution in [0.4, 0.5) is 0 Å². The maximum absolute atomic E-state index is 12.6. The van der Waals surface area contributed by atoms with E-state index in [1.54, 1.807) is 4.68 Å². The van der Waals surface area contributed by atoms with Gasteiger partial charge in [0.25, 0.3) is 5.91 Å². The lowest BCUT2D eigenvalue weighted by Gasteiger charge is -2.34. The van der Waals surface area contributed by atoms with Gasteiger partial charge in [-0.25, -0.2) is 0 Å². The molecule has 1 aliphatic rings. The van der Waals surface area contributed by atoms with Gasteiger partial charge in [-0.1, -0.05) is 26.0 Å². The smallest absolute Gasteiger partial charge is 0.260 e. The van der Waals surface area contributed by atoms with Gasteiger partial charge in [-0.3, -0.25) is 9.69 Å². The van der Waals surface area contributed by atoms with Crippen LogP contribution < -0.4 is 9.47 Å². The Morgan fingerprint density at radius 1 is 0.941 bits per heavy atom. The van der Waals surface area contributed by atoms with Crippen molar-refractivity contribution >= 4 is 5.91 Å². The number of tetrazole rings is 1.